The van der Waals surface area contributed by atoms with Crippen molar-refractivity contribution in [2.45, 2.75) is 13.1 Å². The maximum atomic E-state index is 5.35. The number of hydrogen-bond donors (Lipinski definition) is 0. The lowest BCUT2D eigenvalue weighted by atomic mass is 10.2. The molecule has 1 aromatic carbocycles. The van der Waals surface area contributed by atoms with Gasteiger partial charge in [0.1, 0.15) is 12.4 Å². The zero-order valence-electron chi connectivity index (χ0n) is 11.6. The summed E-state index contributed by atoms with van der Waals surface area (Å²) in [5.41, 5.74) is 2.51. The molecule has 102 valence electrons. The molecule has 2 aromatic rings. The number of benzene rings is 1. The normalized spacial score (nSPS) is 10.2. The first-order chi connectivity index (χ1) is 9.78. The second kappa shape index (κ2) is 7.32. The third-order valence-corrected chi connectivity index (χ3v) is 2.90. The minimum atomic E-state index is 0.307. The highest BCUT2D eigenvalue weighted by Crippen LogP contribution is 2.14. The van der Waals surface area contributed by atoms with Gasteiger partial charge in [-0.05, 0) is 42.4 Å². The summed E-state index contributed by atoms with van der Waals surface area (Å²) in [6.45, 7) is 2.09. The van der Waals surface area contributed by atoms with Gasteiger partial charge in [-0.1, -0.05) is 18.1 Å². The van der Waals surface area contributed by atoms with Gasteiger partial charge in [0.15, 0.2) is 0 Å². The molecule has 0 saturated heterocycles. The molecule has 3 nitrogen and oxygen atoms in total. The first-order valence-electron chi connectivity index (χ1n) is 6.50. The van der Waals surface area contributed by atoms with E-state index >= 15 is 0 Å². The standard InChI is InChI=1S/C17H18N2O/c1-3-12-20-17-6-4-15(5-7-17)13-19(2)14-16-8-10-18-11-9-16/h1,4-11H,12-14H2,2H3. The first-order valence-corrected chi connectivity index (χ1v) is 6.50. The zero-order valence-corrected chi connectivity index (χ0v) is 11.6. The molecule has 0 unspecified atom stereocenters. The number of rotatable bonds is 6. The Hall–Kier alpha value is -2.31. The molecular weight excluding hydrogens is 248 g/mol. The van der Waals surface area contributed by atoms with Crippen molar-refractivity contribution in [3.8, 4) is 18.1 Å². The van der Waals surface area contributed by atoms with Gasteiger partial charge in [-0.25, -0.2) is 0 Å². The highest BCUT2D eigenvalue weighted by molar-refractivity contribution is 5.27. The molecule has 0 aliphatic heterocycles. The van der Waals surface area contributed by atoms with E-state index in [0.29, 0.717) is 6.61 Å². The van der Waals surface area contributed by atoms with Crippen LogP contribution in [0.2, 0.25) is 0 Å². The van der Waals surface area contributed by atoms with Crippen molar-refractivity contribution in [2.24, 2.45) is 0 Å². The molecule has 3 heteroatoms. The van der Waals surface area contributed by atoms with E-state index in [4.69, 9.17) is 11.2 Å². The highest BCUT2D eigenvalue weighted by atomic mass is 16.5. The van der Waals surface area contributed by atoms with Crippen LogP contribution in [-0.2, 0) is 13.1 Å². The molecule has 0 atom stereocenters. The van der Waals surface area contributed by atoms with E-state index in [-0.39, 0.29) is 0 Å². The molecule has 0 aliphatic carbocycles. The van der Waals surface area contributed by atoms with E-state index in [1.165, 1.54) is 11.1 Å². The summed E-state index contributed by atoms with van der Waals surface area (Å²) in [4.78, 5) is 6.28. The van der Waals surface area contributed by atoms with Crippen molar-refractivity contribution in [3.05, 3.63) is 59.9 Å². The van der Waals surface area contributed by atoms with Gasteiger partial charge in [-0.3, -0.25) is 9.88 Å². The first kappa shape index (κ1) is 14.1. The summed E-state index contributed by atoms with van der Waals surface area (Å²) < 4.78 is 5.35. The van der Waals surface area contributed by atoms with Crippen LogP contribution < -0.4 is 4.74 Å². The maximum Gasteiger partial charge on any atom is 0.148 e. The lowest BCUT2D eigenvalue weighted by Crippen LogP contribution is -2.17. The molecule has 1 heterocycles. The minimum Gasteiger partial charge on any atom is -0.481 e. The predicted molar refractivity (Wildman–Crippen MR) is 80.2 cm³/mol. The number of hydrogen-bond acceptors (Lipinski definition) is 3. The molecule has 0 saturated carbocycles. The van der Waals surface area contributed by atoms with Crippen LogP contribution >= 0.6 is 0 Å². The summed E-state index contributed by atoms with van der Waals surface area (Å²) in [5, 5.41) is 0. The largest absolute Gasteiger partial charge is 0.481 e. The lowest BCUT2D eigenvalue weighted by Gasteiger charge is -2.17. The lowest BCUT2D eigenvalue weighted by molar-refractivity contribution is 0.318. The molecule has 2 rings (SSSR count). The minimum absolute atomic E-state index is 0.307. The monoisotopic (exact) mass is 266 g/mol. The van der Waals surface area contributed by atoms with Crippen LogP contribution in [0.15, 0.2) is 48.8 Å². The SMILES string of the molecule is C#CCOc1ccc(CN(C)Cc2ccncc2)cc1. The Balaban J connectivity index is 1.88. The molecule has 0 spiro atoms. The third kappa shape index (κ3) is 4.42. The van der Waals surface area contributed by atoms with Gasteiger partial charge in [0.05, 0.1) is 0 Å². The van der Waals surface area contributed by atoms with E-state index in [1.807, 2.05) is 36.7 Å². The zero-order chi connectivity index (χ0) is 14.2. The summed E-state index contributed by atoms with van der Waals surface area (Å²) >= 11 is 0. The quantitative estimate of drug-likeness (QED) is 0.752. The summed E-state index contributed by atoms with van der Waals surface area (Å²) in [7, 11) is 2.10. The molecule has 0 radical (unpaired) electrons. The Morgan fingerprint density at radius 1 is 1.05 bits per heavy atom. The van der Waals surface area contributed by atoms with Gasteiger partial charge in [0.25, 0.3) is 0 Å². The van der Waals surface area contributed by atoms with Gasteiger partial charge in [0.2, 0.25) is 0 Å². The van der Waals surface area contributed by atoms with Gasteiger partial charge in [-0.2, -0.15) is 0 Å². The fourth-order valence-corrected chi connectivity index (χ4v) is 1.98. The number of pyridine rings is 1. The van der Waals surface area contributed by atoms with Crippen molar-refractivity contribution in [2.75, 3.05) is 13.7 Å². The second-order valence-corrected chi connectivity index (χ2v) is 4.66. The van der Waals surface area contributed by atoms with Crippen molar-refractivity contribution < 1.29 is 4.74 Å². The summed E-state index contributed by atoms with van der Waals surface area (Å²) in [5.74, 6) is 3.26. The predicted octanol–water partition coefficient (Wildman–Crippen LogP) is 2.73. The average Bonchev–Trinajstić information content (AvgIpc) is 2.47. The Kier molecular flexibility index (Phi) is 5.16. The number of terminal acetylenes is 1. The highest BCUT2D eigenvalue weighted by Gasteiger charge is 2.02. The van der Waals surface area contributed by atoms with E-state index in [0.717, 1.165) is 18.8 Å². The Morgan fingerprint density at radius 3 is 2.25 bits per heavy atom. The van der Waals surface area contributed by atoms with Crippen LogP contribution in [0.3, 0.4) is 0 Å². The number of ether oxygens (including phenoxy) is 1. The van der Waals surface area contributed by atoms with Crippen LogP contribution in [0.25, 0.3) is 0 Å². The molecule has 0 fully saturated rings. The average molecular weight is 266 g/mol. The fourth-order valence-electron chi connectivity index (χ4n) is 1.98. The third-order valence-electron chi connectivity index (χ3n) is 2.90. The van der Waals surface area contributed by atoms with E-state index in [2.05, 4.69) is 35.0 Å². The van der Waals surface area contributed by atoms with Crippen LogP contribution in [0.1, 0.15) is 11.1 Å². The smallest absolute Gasteiger partial charge is 0.148 e. The molecule has 20 heavy (non-hydrogen) atoms. The van der Waals surface area contributed by atoms with Crippen molar-refractivity contribution in [1.29, 1.82) is 0 Å². The van der Waals surface area contributed by atoms with Crippen LogP contribution in [0.5, 0.6) is 5.75 Å². The molecular formula is C17H18N2O. The maximum absolute atomic E-state index is 5.35. The molecule has 0 N–H and O–H groups in total. The van der Waals surface area contributed by atoms with Crippen LogP contribution in [-0.4, -0.2) is 23.5 Å². The van der Waals surface area contributed by atoms with Crippen molar-refractivity contribution >= 4 is 0 Å². The van der Waals surface area contributed by atoms with E-state index < -0.39 is 0 Å². The van der Waals surface area contributed by atoms with Gasteiger partial charge >= 0.3 is 0 Å². The van der Waals surface area contributed by atoms with Gasteiger partial charge in [0, 0.05) is 25.5 Å². The van der Waals surface area contributed by atoms with Gasteiger partial charge < -0.3 is 4.74 Å². The summed E-state index contributed by atoms with van der Waals surface area (Å²) in [6, 6.07) is 12.1. The van der Waals surface area contributed by atoms with Crippen molar-refractivity contribution in [3.63, 3.8) is 0 Å². The topological polar surface area (TPSA) is 25.4 Å². The van der Waals surface area contributed by atoms with Crippen LogP contribution in [0.4, 0.5) is 0 Å². The fraction of sp³-hybridized carbons (Fsp3) is 0.235. The molecule has 0 amide bonds. The van der Waals surface area contributed by atoms with E-state index in [1.54, 1.807) is 0 Å². The Bertz CT molecular complexity index is 558. The Labute approximate surface area is 120 Å². The second-order valence-electron chi connectivity index (χ2n) is 4.66. The van der Waals surface area contributed by atoms with Gasteiger partial charge in [-0.15, -0.1) is 6.42 Å². The molecule has 1 aromatic heterocycles. The summed E-state index contributed by atoms with van der Waals surface area (Å²) in [6.07, 6.45) is 8.80. The van der Waals surface area contributed by atoms with Crippen molar-refractivity contribution in [1.82, 2.24) is 9.88 Å². The van der Waals surface area contributed by atoms with Crippen LogP contribution in [0, 0.1) is 12.3 Å². The number of aromatic nitrogens is 1. The Morgan fingerprint density at radius 2 is 1.65 bits per heavy atom. The molecule has 0 bridgehead atoms. The number of nitrogens with zero attached hydrogens (tertiary/aromatic N) is 2. The molecule has 0 aliphatic rings. The van der Waals surface area contributed by atoms with E-state index in [9.17, 15) is 0 Å².